The Labute approximate surface area is 133 Å². The summed E-state index contributed by atoms with van der Waals surface area (Å²) >= 11 is 2.00. The van der Waals surface area contributed by atoms with Gasteiger partial charge in [-0.2, -0.15) is 11.8 Å². The Morgan fingerprint density at radius 3 is 2.48 bits per heavy atom. The van der Waals surface area contributed by atoms with Crippen LogP contribution < -0.4 is 0 Å². The lowest BCUT2D eigenvalue weighted by Gasteiger charge is -2.57. The highest BCUT2D eigenvalue weighted by Gasteiger charge is 2.52. The Morgan fingerprint density at radius 1 is 1.24 bits per heavy atom. The second kappa shape index (κ2) is 6.88. The largest absolute Gasteiger partial charge is 0.466 e. The van der Waals surface area contributed by atoms with Gasteiger partial charge >= 0.3 is 5.97 Å². The van der Waals surface area contributed by atoms with Gasteiger partial charge in [0.1, 0.15) is 0 Å². The van der Waals surface area contributed by atoms with Gasteiger partial charge in [0, 0.05) is 37.5 Å². The van der Waals surface area contributed by atoms with E-state index in [9.17, 15) is 4.79 Å². The quantitative estimate of drug-likeness (QED) is 0.742. The zero-order valence-electron chi connectivity index (χ0n) is 14.0. The van der Waals surface area contributed by atoms with E-state index < -0.39 is 0 Å². The molecule has 122 valence electrons. The average Bonchev–Trinajstić information content (AvgIpc) is 2.42. The van der Waals surface area contributed by atoms with Gasteiger partial charge in [-0.25, -0.2) is 0 Å². The fraction of sp³-hybridized carbons (Fsp3) is 0.938. The van der Waals surface area contributed by atoms with Crippen molar-refractivity contribution in [1.82, 2.24) is 9.80 Å². The fourth-order valence-electron chi connectivity index (χ4n) is 3.60. The van der Waals surface area contributed by atoms with Crippen molar-refractivity contribution < 1.29 is 9.53 Å². The molecule has 0 radical (unpaired) electrons. The number of nitrogens with zero attached hydrogens (tertiary/aromatic N) is 2. The van der Waals surface area contributed by atoms with Gasteiger partial charge in [-0.05, 0) is 31.6 Å². The molecule has 0 saturated carbocycles. The van der Waals surface area contributed by atoms with Crippen molar-refractivity contribution in [2.75, 3.05) is 51.3 Å². The molecule has 0 bridgehead atoms. The van der Waals surface area contributed by atoms with Crippen molar-refractivity contribution in [1.29, 1.82) is 0 Å². The van der Waals surface area contributed by atoms with Crippen molar-refractivity contribution in [3.05, 3.63) is 0 Å². The normalized spacial score (nSPS) is 31.0. The molecule has 2 aliphatic heterocycles. The third-order valence-electron chi connectivity index (χ3n) is 5.32. The zero-order chi connectivity index (χ0) is 15.5. The van der Waals surface area contributed by atoms with Crippen LogP contribution in [0.25, 0.3) is 0 Å². The van der Waals surface area contributed by atoms with E-state index in [0.29, 0.717) is 13.0 Å². The topological polar surface area (TPSA) is 32.8 Å². The summed E-state index contributed by atoms with van der Waals surface area (Å²) in [5, 5.41) is 0. The maximum atomic E-state index is 12.2. The molecule has 2 saturated heterocycles. The highest BCUT2D eigenvalue weighted by molar-refractivity contribution is 7.99. The number of ether oxygens (including phenoxy) is 1. The van der Waals surface area contributed by atoms with E-state index in [0.717, 1.165) is 31.9 Å². The molecule has 0 amide bonds. The van der Waals surface area contributed by atoms with E-state index in [1.54, 1.807) is 0 Å². The lowest BCUT2D eigenvalue weighted by atomic mass is 9.67. The number of thioether (sulfide) groups is 1. The number of hydrogen-bond donors (Lipinski definition) is 0. The van der Waals surface area contributed by atoms with Crippen LogP contribution in [0.15, 0.2) is 0 Å². The molecule has 0 aromatic rings. The molecule has 2 rings (SSSR count). The molecule has 5 heteroatoms. The van der Waals surface area contributed by atoms with Crippen LogP contribution in [0.1, 0.15) is 33.6 Å². The maximum Gasteiger partial charge on any atom is 0.307 e. The number of likely N-dealkylation sites (N-methyl/N-ethyl adjacent to an activating group) is 1. The predicted octanol–water partition coefficient (Wildman–Crippen LogP) is 2.09. The fourth-order valence-corrected chi connectivity index (χ4v) is 5.42. The molecule has 2 fully saturated rings. The molecule has 0 N–H and O–H groups in total. The summed E-state index contributed by atoms with van der Waals surface area (Å²) in [4.78, 5) is 17.2. The van der Waals surface area contributed by atoms with Crippen molar-refractivity contribution >= 4 is 17.7 Å². The van der Waals surface area contributed by atoms with Crippen LogP contribution in [0, 0.1) is 5.41 Å². The number of piperazine rings is 1. The van der Waals surface area contributed by atoms with E-state index >= 15 is 0 Å². The van der Waals surface area contributed by atoms with Gasteiger partial charge in [0.05, 0.1) is 13.0 Å². The van der Waals surface area contributed by atoms with E-state index in [-0.39, 0.29) is 16.9 Å². The van der Waals surface area contributed by atoms with Crippen LogP contribution in [0.2, 0.25) is 0 Å². The minimum atomic E-state index is -0.0522. The summed E-state index contributed by atoms with van der Waals surface area (Å²) in [7, 11) is 2.18. The molecule has 21 heavy (non-hydrogen) atoms. The van der Waals surface area contributed by atoms with Gasteiger partial charge in [0.25, 0.3) is 0 Å². The van der Waals surface area contributed by atoms with Crippen LogP contribution in [-0.4, -0.2) is 72.6 Å². The molecular weight excluding hydrogens is 284 g/mol. The number of esters is 1. The molecule has 1 atom stereocenters. The van der Waals surface area contributed by atoms with Crippen molar-refractivity contribution in [2.24, 2.45) is 5.41 Å². The van der Waals surface area contributed by atoms with Crippen LogP contribution in [0.5, 0.6) is 0 Å². The minimum Gasteiger partial charge on any atom is -0.466 e. The monoisotopic (exact) mass is 314 g/mol. The summed E-state index contributed by atoms with van der Waals surface area (Å²) in [5.41, 5.74) is 0.102. The Bertz CT molecular complexity index is 367. The van der Waals surface area contributed by atoms with Gasteiger partial charge in [-0.1, -0.05) is 13.8 Å². The molecule has 0 spiro atoms. The molecule has 1 unspecified atom stereocenters. The Morgan fingerprint density at radius 2 is 1.90 bits per heavy atom. The Kier molecular flexibility index (Phi) is 5.60. The van der Waals surface area contributed by atoms with Gasteiger partial charge < -0.3 is 9.64 Å². The van der Waals surface area contributed by atoms with E-state index in [1.807, 2.05) is 18.7 Å². The zero-order valence-corrected chi connectivity index (χ0v) is 14.8. The van der Waals surface area contributed by atoms with Gasteiger partial charge in [-0.3, -0.25) is 9.69 Å². The Balaban J connectivity index is 2.22. The lowest BCUT2D eigenvalue weighted by molar-refractivity contribution is -0.150. The van der Waals surface area contributed by atoms with Gasteiger partial charge in [-0.15, -0.1) is 0 Å². The first-order chi connectivity index (χ1) is 9.91. The van der Waals surface area contributed by atoms with E-state index in [1.165, 1.54) is 12.2 Å². The third-order valence-corrected chi connectivity index (χ3v) is 6.50. The Hall–Kier alpha value is -0.260. The minimum absolute atomic E-state index is 0.0352. The van der Waals surface area contributed by atoms with Crippen LogP contribution in [0.3, 0.4) is 0 Å². The lowest BCUT2D eigenvalue weighted by Crippen LogP contribution is -2.66. The van der Waals surface area contributed by atoms with Gasteiger partial charge in [0.15, 0.2) is 0 Å². The molecular formula is C16H30N2O2S. The first-order valence-corrected chi connectivity index (χ1v) is 9.24. The third kappa shape index (κ3) is 3.57. The average molecular weight is 314 g/mol. The SMILES string of the molecule is CCOC(=O)CC1(N2CCN(C)CC2)CSCCC1(C)C. The summed E-state index contributed by atoms with van der Waals surface area (Å²) < 4.78 is 5.29. The number of carbonyl (C=O) groups excluding carboxylic acids is 1. The molecule has 0 aromatic heterocycles. The van der Waals surface area contributed by atoms with E-state index in [4.69, 9.17) is 4.74 Å². The molecule has 2 aliphatic rings. The molecule has 0 aliphatic carbocycles. The molecule has 2 heterocycles. The first-order valence-electron chi connectivity index (χ1n) is 8.08. The summed E-state index contributed by atoms with van der Waals surface area (Å²) in [6, 6.07) is 0. The number of hydrogen-bond acceptors (Lipinski definition) is 5. The highest BCUT2D eigenvalue weighted by atomic mass is 32.2. The van der Waals surface area contributed by atoms with E-state index in [2.05, 4.69) is 30.7 Å². The van der Waals surface area contributed by atoms with Crippen molar-refractivity contribution in [3.8, 4) is 0 Å². The number of carbonyl (C=O) groups is 1. The number of rotatable bonds is 4. The smallest absolute Gasteiger partial charge is 0.307 e. The predicted molar refractivity (Wildman–Crippen MR) is 88.8 cm³/mol. The first kappa shape index (κ1) is 17.1. The maximum absolute atomic E-state index is 12.2. The summed E-state index contributed by atoms with van der Waals surface area (Å²) in [6.45, 7) is 11.3. The van der Waals surface area contributed by atoms with Crippen LogP contribution in [-0.2, 0) is 9.53 Å². The molecule has 0 aromatic carbocycles. The second-order valence-corrected chi connectivity index (χ2v) is 8.10. The highest BCUT2D eigenvalue weighted by Crippen LogP contribution is 2.48. The second-order valence-electron chi connectivity index (χ2n) is 6.99. The van der Waals surface area contributed by atoms with Crippen molar-refractivity contribution in [3.63, 3.8) is 0 Å². The van der Waals surface area contributed by atoms with Crippen LogP contribution >= 0.6 is 11.8 Å². The summed E-state index contributed by atoms with van der Waals surface area (Å²) in [6.07, 6.45) is 1.70. The summed E-state index contributed by atoms with van der Waals surface area (Å²) in [5.74, 6) is 2.21. The van der Waals surface area contributed by atoms with Crippen molar-refractivity contribution in [2.45, 2.75) is 39.2 Å². The standard InChI is InChI=1S/C16H30N2O2S/c1-5-20-14(19)12-16(13-21-11-6-15(16,2)3)18-9-7-17(4)8-10-18/h5-13H2,1-4H3. The van der Waals surface area contributed by atoms with Crippen LogP contribution in [0.4, 0.5) is 0 Å². The van der Waals surface area contributed by atoms with Gasteiger partial charge in [0.2, 0.25) is 0 Å². The molecule has 4 nitrogen and oxygen atoms in total.